The molecule has 90 valence electrons. The molecule has 5 heteroatoms. The fourth-order valence-electron chi connectivity index (χ4n) is 1.75. The number of hydrogen-bond acceptors (Lipinski definition) is 4. The van der Waals surface area contributed by atoms with E-state index in [1.807, 2.05) is 24.9 Å². The van der Waals surface area contributed by atoms with Crippen LogP contribution in [-0.4, -0.2) is 17.0 Å². The number of nitrogens with zero attached hydrogens (tertiary/aromatic N) is 3. The number of anilines is 1. The average Bonchev–Trinajstić information content (AvgIpc) is 2.81. The average molecular weight is 252 g/mol. The van der Waals surface area contributed by atoms with Crippen LogP contribution in [0.3, 0.4) is 0 Å². The second-order valence-corrected chi connectivity index (χ2v) is 4.17. The molecule has 0 atom stereocenters. The highest BCUT2D eigenvalue weighted by molar-refractivity contribution is 6.30. The monoisotopic (exact) mass is 251 g/mol. The Morgan fingerprint density at radius 3 is 2.88 bits per heavy atom. The normalized spacial score (nSPS) is 10.5. The van der Waals surface area contributed by atoms with Gasteiger partial charge >= 0.3 is 0 Å². The summed E-state index contributed by atoms with van der Waals surface area (Å²) in [5.74, 6) is 0.869. The van der Waals surface area contributed by atoms with Gasteiger partial charge in [0.15, 0.2) is 0 Å². The van der Waals surface area contributed by atoms with Crippen LogP contribution >= 0.6 is 11.6 Å². The first-order valence-electron chi connectivity index (χ1n) is 5.44. The van der Waals surface area contributed by atoms with Gasteiger partial charge in [-0.15, -0.1) is 0 Å². The predicted octanol–water partition coefficient (Wildman–Crippen LogP) is 2.92. The first-order chi connectivity index (χ1) is 8.22. The fourth-order valence-corrected chi connectivity index (χ4v) is 2.01. The Morgan fingerprint density at radius 1 is 1.41 bits per heavy atom. The Balaban J connectivity index is 2.24. The Hall–Kier alpha value is -1.55. The minimum absolute atomic E-state index is 0.525. The lowest BCUT2D eigenvalue weighted by atomic mass is 10.2. The first kappa shape index (κ1) is 11.9. The molecular weight excluding hydrogens is 238 g/mol. The van der Waals surface area contributed by atoms with Crippen molar-refractivity contribution in [3.05, 3.63) is 41.2 Å². The fraction of sp³-hybridized carbons (Fsp3) is 0.333. The molecule has 2 heterocycles. The van der Waals surface area contributed by atoms with Crippen molar-refractivity contribution in [2.75, 3.05) is 11.9 Å². The lowest BCUT2D eigenvalue weighted by Crippen LogP contribution is -2.19. The Labute approximate surface area is 105 Å². The van der Waals surface area contributed by atoms with Crippen molar-refractivity contribution in [1.29, 1.82) is 0 Å². The van der Waals surface area contributed by atoms with Crippen LogP contribution in [0.15, 0.2) is 29.3 Å². The molecule has 0 aliphatic rings. The molecule has 0 saturated heterocycles. The molecule has 0 bridgehead atoms. The summed E-state index contributed by atoms with van der Waals surface area (Å²) in [4.78, 5) is 10.3. The van der Waals surface area contributed by atoms with Crippen molar-refractivity contribution in [2.24, 2.45) is 0 Å². The number of aromatic nitrogens is 2. The van der Waals surface area contributed by atoms with E-state index in [2.05, 4.69) is 9.97 Å². The van der Waals surface area contributed by atoms with Crippen molar-refractivity contribution in [3.8, 4) is 0 Å². The highest BCUT2D eigenvalue weighted by Crippen LogP contribution is 2.24. The summed E-state index contributed by atoms with van der Waals surface area (Å²) in [6.45, 7) is 2.77. The zero-order valence-electron chi connectivity index (χ0n) is 9.85. The molecule has 0 unspecified atom stereocenters. The van der Waals surface area contributed by atoms with Gasteiger partial charge < -0.3 is 9.32 Å². The lowest BCUT2D eigenvalue weighted by Gasteiger charge is -2.20. The van der Waals surface area contributed by atoms with Gasteiger partial charge in [-0.2, -0.15) is 0 Å². The Bertz CT molecular complexity index is 485. The highest BCUT2D eigenvalue weighted by Gasteiger charge is 2.12. The van der Waals surface area contributed by atoms with E-state index in [1.165, 1.54) is 6.33 Å². The van der Waals surface area contributed by atoms with Gasteiger partial charge in [0.25, 0.3) is 0 Å². The summed E-state index contributed by atoms with van der Waals surface area (Å²) in [6.07, 6.45) is 5.69. The summed E-state index contributed by atoms with van der Waals surface area (Å²) in [7, 11) is 1.98. The second-order valence-electron chi connectivity index (χ2n) is 3.81. The Kier molecular flexibility index (Phi) is 3.64. The summed E-state index contributed by atoms with van der Waals surface area (Å²) in [5, 5.41) is 0.525. The van der Waals surface area contributed by atoms with Gasteiger partial charge in [-0.25, -0.2) is 9.97 Å². The highest BCUT2D eigenvalue weighted by atomic mass is 35.5. The van der Waals surface area contributed by atoms with Crippen LogP contribution in [0.5, 0.6) is 0 Å². The van der Waals surface area contributed by atoms with E-state index in [0.717, 1.165) is 29.9 Å². The zero-order valence-corrected chi connectivity index (χ0v) is 10.6. The molecule has 0 amide bonds. The van der Waals surface area contributed by atoms with Gasteiger partial charge in [0.1, 0.15) is 17.3 Å². The maximum atomic E-state index is 6.06. The lowest BCUT2D eigenvalue weighted by molar-refractivity contribution is 0.563. The van der Waals surface area contributed by atoms with Gasteiger partial charge in [0.05, 0.1) is 12.5 Å². The molecule has 0 aliphatic carbocycles. The first-order valence-corrected chi connectivity index (χ1v) is 5.81. The van der Waals surface area contributed by atoms with E-state index in [4.69, 9.17) is 16.0 Å². The number of furan rings is 1. The van der Waals surface area contributed by atoms with E-state index in [9.17, 15) is 0 Å². The van der Waals surface area contributed by atoms with E-state index in [1.54, 1.807) is 12.5 Å². The number of hydrogen-bond donors (Lipinski definition) is 0. The van der Waals surface area contributed by atoms with Crippen molar-refractivity contribution in [3.63, 3.8) is 0 Å². The second kappa shape index (κ2) is 5.19. The third-order valence-corrected chi connectivity index (χ3v) is 2.91. The zero-order chi connectivity index (χ0) is 12.3. The molecule has 0 aromatic carbocycles. The van der Waals surface area contributed by atoms with Crippen LogP contribution < -0.4 is 4.90 Å². The molecule has 0 radical (unpaired) electrons. The SMILES string of the molecule is CCc1c(Cl)ncnc1N(C)Cc1ccoc1. The third kappa shape index (κ3) is 2.58. The van der Waals surface area contributed by atoms with E-state index >= 15 is 0 Å². The van der Waals surface area contributed by atoms with E-state index in [0.29, 0.717) is 5.15 Å². The maximum absolute atomic E-state index is 6.06. The Morgan fingerprint density at radius 2 is 2.24 bits per heavy atom. The predicted molar refractivity (Wildman–Crippen MR) is 67.2 cm³/mol. The topological polar surface area (TPSA) is 42.2 Å². The molecular formula is C12H14ClN3O. The van der Waals surface area contributed by atoms with Gasteiger partial charge in [0.2, 0.25) is 0 Å². The van der Waals surface area contributed by atoms with E-state index < -0.39 is 0 Å². The van der Waals surface area contributed by atoms with Crippen molar-refractivity contribution in [2.45, 2.75) is 19.9 Å². The molecule has 0 aliphatic heterocycles. The molecule has 0 N–H and O–H groups in total. The van der Waals surface area contributed by atoms with Gasteiger partial charge in [-0.1, -0.05) is 18.5 Å². The molecule has 0 fully saturated rings. The summed E-state index contributed by atoms with van der Waals surface area (Å²) >= 11 is 6.06. The summed E-state index contributed by atoms with van der Waals surface area (Å²) < 4.78 is 5.05. The van der Waals surface area contributed by atoms with Crippen LogP contribution in [0.4, 0.5) is 5.82 Å². The minimum Gasteiger partial charge on any atom is -0.472 e. The largest absolute Gasteiger partial charge is 0.472 e. The van der Waals surface area contributed by atoms with Crippen LogP contribution in [-0.2, 0) is 13.0 Å². The van der Waals surface area contributed by atoms with E-state index in [-0.39, 0.29) is 0 Å². The van der Waals surface area contributed by atoms with Gasteiger partial charge in [0, 0.05) is 24.7 Å². The van der Waals surface area contributed by atoms with Crippen molar-refractivity contribution >= 4 is 17.4 Å². The molecule has 2 aromatic rings. The van der Waals surface area contributed by atoms with Crippen molar-refractivity contribution < 1.29 is 4.42 Å². The van der Waals surface area contributed by atoms with Gasteiger partial charge in [-0.3, -0.25) is 0 Å². The van der Waals surface area contributed by atoms with Crippen LogP contribution in [0.1, 0.15) is 18.1 Å². The molecule has 0 spiro atoms. The third-order valence-electron chi connectivity index (χ3n) is 2.59. The number of rotatable bonds is 4. The van der Waals surface area contributed by atoms with Gasteiger partial charge in [-0.05, 0) is 12.5 Å². The maximum Gasteiger partial charge on any atom is 0.137 e. The molecule has 2 rings (SSSR count). The smallest absolute Gasteiger partial charge is 0.137 e. The quantitative estimate of drug-likeness (QED) is 0.784. The summed E-state index contributed by atoms with van der Waals surface area (Å²) in [5.41, 5.74) is 2.07. The van der Waals surface area contributed by atoms with Crippen molar-refractivity contribution in [1.82, 2.24) is 9.97 Å². The molecule has 2 aromatic heterocycles. The summed E-state index contributed by atoms with van der Waals surface area (Å²) in [6, 6.07) is 1.94. The molecule has 17 heavy (non-hydrogen) atoms. The molecule has 0 saturated carbocycles. The van der Waals surface area contributed by atoms with Crippen LogP contribution in [0, 0.1) is 0 Å². The number of halogens is 1. The molecule has 4 nitrogen and oxygen atoms in total. The van der Waals surface area contributed by atoms with Crippen LogP contribution in [0.2, 0.25) is 5.15 Å². The standard InChI is InChI=1S/C12H14ClN3O/c1-3-10-11(13)14-8-15-12(10)16(2)6-9-4-5-17-7-9/h4-5,7-8H,3,6H2,1-2H3. The minimum atomic E-state index is 0.525. The van der Waals surface area contributed by atoms with Crippen LogP contribution in [0.25, 0.3) is 0 Å².